The molecule has 1 aliphatic rings. The second-order valence-corrected chi connectivity index (χ2v) is 5.81. The number of nitrogens with zero attached hydrogens (tertiary/aromatic N) is 7. The Morgan fingerprint density at radius 3 is 2.07 bits per heavy atom. The van der Waals surface area contributed by atoms with E-state index >= 15 is 0 Å². The monoisotopic (exact) mass is 357 g/mol. The summed E-state index contributed by atoms with van der Waals surface area (Å²) in [6, 6.07) is 16.5. The van der Waals surface area contributed by atoms with Gasteiger partial charge in [0.05, 0.1) is 11.7 Å². The molecular weight excluding hydrogens is 350 g/mol. The van der Waals surface area contributed by atoms with Crippen molar-refractivity contribution in [1.29, 1.82) is 10.5 Å². The molecule has 3 aromatic rings. The topological polar surface area (TPSA) is 94.4 Å². The van der Waals surface area contributed by atoms with E-state index in [4.69, 9.17) is 13.1 Å². The number of aromatic nitrogens is 2. The van der Waals surface area contributed by atoms with Gasteiger partial charge in [0.15, 0.2) is 22.8 Å². The smallest absolute Gasteiger partial charge is 0.187 e. The molecular formula is C21H7N7. The third kappa shape index (κ3) is 2.45. The van der Waals surface area contributed by atoms with Gasteiger partial charge in [-0.15, -0.1) is 4.95 Å². The van der Waals surface area contributed by atoms with Gasteiger partial charge in [-0.05, 0) is 17.2 Å². The van der Waals surface area contributed by atoms with Crippen LogP contribution < -0.4 is 0 Å². The fourth-order valence-electron chi connectivity index (χ4n) is 3.08. The van der Waals surface area contributed by atoms with E-state index in [1.165, 1.54) is 0 Å². The lowest BCUT2D eigenvalue weighted by Gasteiger charge is -2.05. The van der Waals surface area contributed by atoms with Crippen molar-refractivity contribution in [3.63, 3.8) is 0 Å². The van der Waals surface area contributed by atoms with Gasteiger partial charge in [0.1, 0.15) is 23.5 Å². The molecule has 0 radical (unpaired) electrons. The molecule has 4 rings (SSSR count). The van der Waals surface area contributed by atoms with Crippen LogP contribution in [0.5, 0.6) is 0 Å². The lowest BCUT2D eigenvalue weighted by atomic mass is 9.99. The minimum absolute atomic E-state index is 0.0666. The van der Waals surface area contributed by atoms with Crippen molar-refractivity contribution in [2.75, 3.05) is 0 Å². The van der Waals surface area contributed by atoms with E-state index in [0.717, 1.165) is 11.1 Å². The molecule has 7 heteroatoms. The average molecular weight is 357 g/mol. The Hall–Kier alpha value is -4.85. The summed E-state index contributed by atoms with van der Waals surface area (Å²) in [4.78, 5) is 15.0. The quantitative estimate of drug-likeness (QED) is 0.379. The molecule has 0 fully saturated rings. The van der Waals surface area contributed by atoms with Gasteiger partial charge < -0.3 is 0 Å². The van der Waals surface area contributed by atoms with E-state index in [9.17, 15) is 10.5 Å². The fourth-order valence-corrected chi connectivity index (χ4v) is 3.08. The predicted molar refractivity (Wildman–Crippen MR) is 101 cm³/mol. The highest BCUT2D eigenvalue weighted by atomic mass is 15.2. The zero-order valence-electron chi connectivity index (χ0n) is 14.2. The standard InChI is InChI=1S/C21H7N7/c1-24-14-6-3-12(4-7-14)13-5-8-15-16(9-13)19-21(20(15)28-25-2)27-18(11-23)17(10-22)26-19/h3-9H/b28-20+. The van der Waals surface area contributed by atoms with Gasteiger partial charge in [0, 0.05) is 11.1 Å². The third-order valence-electron chi connectivity index (χ3n) is 4.34. The molecule has 0 amide bonds. The Balaban J connectivity index is 1.95. The number of fused-ring (bicyclic) bond motifs is 3. The third-order valence-corrected chi connectivity index (χ3v) is 4.34. The molecule has 7 nitrogen and oxygen atoms in total. The van der Waals surface area contributed by atoms with Gasteiger partial charge in [0.25, 0.3) is 0 Å². The summed E-state index contributed by atoms with van der Waals surface area (Å²) in [6.45, 7) is 14.1. The second-order valence-electron chi connectivity index (χ2n) is 5.81. The number of benzene rings is 2. The molecule has 126 valence electrons. The molecule has 0 N–H and O–H groups in total. The maximum Gasteiger partial charge on any atom is 0.187 e. The molecule has 1 heterocycles. The van der Waals surface area contributed by atoms with Crippen LogP contribution in [0, 0.1) is 35.8 Å². The lowest BCUT2D eigenvalue weighted by Crippen LogP contribution is -2.04. The predicted octanol–water partition coefficient (Wildman–Crippen LogP) is 4.09. The highest BCUT2D eigenvalue weighted by molar-refractivity contribution is 6.23. The molecule has 0 aliphatic heterocycles. The van der Waals surface area contributed by atoms with Crippen LogP contribution in [-0.2, 0) is 0 Å². The first-order valence-corrected chi connectivity index (χ1v) is 8.00. The summed E-state index contributed by atoms with van der Waals surface area (Å²) in [5.41, 5.74) is 4.63. The first kappa shape index (κ1) is 16.6. The Bertz CT molecular complexity index is 1340. The maximum absolute atomic E-state index is 9.27. The minimum Gasteiger partial charge on any atom is -0.238 e. The summed E-state index contributed by atoms with van der Waals surface area (Å²) < 4.78 is 0. The second kappa shape index (κ2) is 6.46. The molecule has 1 aromatic heterocycles. The maximum atomic E-state index is 9.27. The van der Waals surface area contributed by atoms with Gasteiger partial charge in [-0.1, -0.05) is 36.4 Å². The number of hydrogen-bond acceptors (Lipinski definition) is 5. The summed E-state index contributed by atoms with van der Waals surface area (Å²) >= 11 is 0. The molecule has 28 heavy (non-hydrogen) atoms. The van der Waals surface area contributed by atoms with Crippen LogP contribution in [-0.4, -0.2) is 15.7 Å². The molecule has 2 aromatic carbocycles. The summed E-state index contributed by atoms with van der Waals surface area (Å²) in [5, 5.41) is 22.3. The van der Waals surface area contributed by atoms with Crippen molar-refractivity contribution in [2.24, 2.45) is 5.10 Å². The number of rotatable bonds is 1. The van der Waals surface area contributed by atoms with Crippen molar-refractivity contribution < 1.29 is 0 Å². The number of nitriles is 2. The Morgan fingerprint density at radius 2 is 1.46 bits per heavy atom. The van der Waals surface area contributed by atoms with E-state index in [2.05, 4.69) is 24.9 Å². The minimum atomic E-state index is -0.0957. The van der Waals surface area contributed by atoms with E-state index in [-0.39, 0.29) is 11.4 Å². The van der Waals surface area contributed by atoms with Crippen LogP contribution in [0.4, 0.5) is 5.69 Å². The van der Waals surface area contributed by atoms with Crippen molar-refractivity contribution in [1.82, 2.24) is 9.97 Å². The van der Waals surface area contributed by atoms with Crippen molar-refractivity contribution in [3.05, 3.63) is 88.1 Å². The fraction of sp³-hybridized carbons (Fsp3) is 0. The molecule has 1 aliphatic carbocycles. The number of hydrogen-bond donors (Lipinski definition) is 0. The molecule has 0 spiro atoms. The van der Waals surface area contributed by atoms with Crippen LogP contribution >= 0.6 is 0 Å². The summed E-state index contributed by atoms with van der Waals surface area (Å²) in [6.07, 6.45) is 0. The summed E-state index contributed by atoms with van der Waals surface area (Å²) in [5.74, 6) is 0. The van der Waals surface area contributed by atoms with Gasteiger partial charge >= 0.3 is 0 Å². The molecule has 0 unspecified atom stereocenters. The van der Waals surface area contributed by atoms with Gasteiger partial charge in [0.2, 0.25) is 0 Å². The molecule has 0 saturated heterocycles. The summed E-state index contributed by atoms with van der Waals surface area (Å²) in [7, 11) is 0. The largest absolute Gasteiger partial charge is 0.238 e. The van der Waals surface area contributed by atoms with Crippen LogP contribution in [0.25, 0.3) is 32.2 Å². The van der Waals surface area contributed by atoms with Crippen LogP contribution in [0.3, 0.4) is 0 Å². The van der Waals surface area contributed by atoms with E-state index in [1.54, 1.807) is 12.1 Å². The van der Waals surface area contributed by atoms with Gasteiger partial charge in [-0.3, -0.25) is 0 Å². The Labute approximate surface area is 160 Å². The highest BCUT2D eigenvalue weighted by Crippen LogP contribution is 2.38. The zero-order chi connectivity index (χ0) is 19.7. The van der Waals surface area contributed by atoms with Crippen LogP contribution in [0.2, 0.25) is 0 Å². The molecule has 0 saturated carbocycles. The van der Waals surface area contributed by atoms with E-state index in [1.807, 2.05) is 42.5 Å². The molecule has 0 bridgehead atoms. The van der Waals surface area contributed by atoms with Crippen molar-refractivity contribution in [2.45, 2.75) is 0 Å². The van der Waals surface area contributed by atoms with Gasteiger partial charge in [-0.25, -0.2) is 14.8 Å². The average Bonchev–Trinajstić information content (AvgIpc) is 3.05. The normalized spacial score (nSPS) is 12.2. The zero-order valence-corrected chi connectivity index (χ0v) is 14.2. The van der Waals surface area contributed by atoms with Crippen molar-refractivity contribution in [3.8, 4) is 34.5 Å². The first-order valence-electron chi connectivity index (χ1n) is 8.00. The van der Waals surface area contributed by atoms with E-state index in [0.29, 0.717) is 33.9 Å². The molecule has 0 atom stereocenters. The highest BCUT2D eigenvalue weighted by Gasteiger charge is 2.32. The van der Waals surface area contributed by atoms with E-state index < -0.39 is 0 Å². The van der Waals surface area contributed by atoms with Crippen LogP contribution in [0.1, 0.15) is 22.6 Å². The SMILES string of the molecule is [C-]#[N+]/N=C1\c2ccc(-c3ccc([N+]#[C-])cc3)cc2-c2nc(C#N)c(C#N)nc21. The Morgan fingerprint density at radius 1 is 0.821 bits per heavy atom. The Kier molecular flexibility index (Phi) is 3.83. The van der Waals surface area contributed by atoms with Crippen LogP contribution in [0.15, 0.2) is 47.6 Å². The first-order chi connectivity index (χ1) is 13.7. The lowest BCUT2D eigenvalue weighted by molar-refractivity contribution is 1.13. The van der Waals surface area contributed by atoms with Gasteiger partial charge in [-0.2, -0.15) is 17.1 Å². The van der Waals surface area contributed by atoms with Crippen molar-refractivity contribution >= 4 is 11.4 Å².